The van der Waals surface area contributed by atoms with Crippen molar-refractivity contribution in [1.29, 1.82) is 0 Å². The van der Waals surface area contributed by atoms with E-state index in [0.717, 1.165) is 4.88 Å². The molecule has 1 nitrogen and oxygen atoms in total. The van der Waals surface area contributed by atoms with Gasteiger partial charge in [0.2, 0.25) is 0 Å². The maximum atomic E-state index is 13.6. The van der Waals surface area contributed by atoms with E-state index in [1.165, 1.54) is 24.3 Å². The Morgan fingerprint density at radius 1 is 1.31 bits per heavy atom. The van der Waals surface area contributed by atoms with E-state index in [1.807, 2.05) is 0 Å². The van der Waals surface area contributed by atoms with E-state index in [2.05, 4.69) is 0 Å². The zero-order valence-electron chi connectivity index (χ0n) is 8.46. The summed E-state index contributed by atoms with van der Waals surface area (Å²) in [6, 6.07) is 7.97. The van der Waals surface area contributed by atoms with E-state index in [0.29, 0.717) is 15.5 Å². The first kappa shape index (κ1) is 11.3. The number of rotatable bonds is 2. The van der Waals surface area contributed by atoms with Crippen LogP contribution in [0.4, 0.5) is 4.39 Å². The normalized spacial score (nSPS) is 10.4. The number of thiophene rings is 1. The third-order valence-corrected chi connectivity index (χ3v) is 3.60. The average Bonchev–Trinajstić information content (AvgIpc) is 2.66. The van der Waals surface area contributed by atoms with Crippen molar-refractivity contribution in [3.8, 4) is 10.4 Å². The van der Waals surface area contributed by atoms with Gasteiger partial charge in [-0.15, -0.1) is 11.3 Å². The molecule has 1 aromatic carbocycles. The van der Waals surface area contributed by atoms with Gasteiger partial charge in [0, 0.05) is 15.5 Å². The molecule has 0 amide bonds. The Kier molecular flexibility index (Phi) is 3.08. The predicted octanol–water partition coefficient (Wildman–Crippen LogP) is 4.41. The zero-order chi connectivity index (χ0) is 11.7. The minimum Gasteiger partial charge on any atom is -0.294 e. The summed E-state index contributed by atoms with van der Waals surface area (Å²) in [5.41, 5.74) is 0.474. The molecule has 16 heavy (non-hydrogen) atoms. The van der Waals surface area contributed by atoms with Crippen LogP contribution in [0.15, 0.2) is 30.3 Å². The summed E-state index contributed by atoms with van der Waals surface area (Å²) >= 11 is 6.95. The number of carbonyl (C=O) groups is 1. The van der Waals surface area contributed by atoms with Crippen LogP contribution in [0, 0.1) is 5.82 Å². The molecule has 0 N–H and O–H groups in total. The quantitative estimate of drug-likeness (QED) is 0.726. The molecule has 2 aromatic rings. The monoisotopic (exact) mass is 254 g/mol. The van der Waals surface area contributed by atoms with Crippen molar-refractivity contribution in [1.82, 2.24) is 0 Å². The van der Waals surface area contributed by atoms with Gasteiger partial charge in [-0.05, 0) is 37.3 Å². The van der Waals surface area contributed by atoms with E-state index in [4.69, 9.17) is 11.6 Å². The Labute approximate surface area is 101 Å². The zero-order valence-corrected chi connectivity index (χ0v) is 10.0. The largest absolute Gasteiger partial charge is 0.294 e. The van der Waals surface area contributed by atoms with Crippen LogP contribution in [-0.2, 0) is 0 Å². The van der Waals surface area contributed by atoms with Gasteiger partial charge < -0.3 is 0 Å². The summed E-state index contributed by atoms with van der Waals surface area (Å²) < 4.78 is 13.6. The van der Waals surface area contributed by atoms with Crippen LogP contribution in [-0.4, -0.2) is 5.78 Å². The fourth-order valence-corrected chi connectivity index (χ4v) is 2.45. The molecule has 0 fully saturated rings. The van der Waals surface area contributed by atoms with Crippen molar-refractivity contribution in [3.63, 3.8) is 0 Å². The number of ketones is 1. The van der Waals surface area contributed by atoms with E-state index >= 15 is 0 Å². The summed E-state index contributed by atoms with van der Waals surface area (Å²) in [5.74, 6) is -0.380. The number of halogens is 2. The SMILES string of the molecule is CC(=O)c1ccc(-c2ccc(Cl)cc2F)s1. The van der Waals surface area contributed by atoms with E-state index in [-0.39, 0.29) is 11.6 Å². The van der Waals surface area contributed by atoms with Crippen LogP contribution in [0.3, 0.4) is 0 Å². The molecule has 0 aliphatic rings. The number of benzene rings is 1. The molecule has 4 heteroatoms. The second kappa shape index (κ2) is 4.36. The van der Waals surface area contributed by atoms with Gasteiger partial charge in [-0.25, -0.2) is 4.39 Å². The molecule has 1 heterocycles. The molecule has 0 spiro atoms. The molecule has 0 unspecified atom stereocenters. The Morgan fingerprint density at radius 3 is 2.62 bits per heavy atom. The van der Waals surface area contributed by atoms with Gasteiger partial charge in [0.1, 0.15) is 5.82 Å². The van der Waals surface area contributed by atoms with Crippen molar-refractivity contribution < 1.29 is 9.18 Å². The van der Waals surface area contributed by atoms with Crippen LogP contribution in [0.1, 0.15) is 16.6 Å². The molecular formula is C12H8ClFOS. The predicted molar refractivity (Wildman–Crippen MR) is 64.7 cm³/mol. The lowest BCUT2D eigenvalue weighted by molar-refractivity contribution is 0.102. The van der Waals surface area contributed by atoms with Gasteiger partial charge in [-0.3, -0.25) is 4.79 Å². The molecular weight excluding hydrogens is 247 g/mol. The fourth-order valence-electron chi connectivity index (χ4n) is 1.36. The van der Waals surface area contributed by atoms with Crippen LogP contribution >= 0.6 is 22.9 Å². The lowest BCUT2D eigenvalue weighted by Crippen LogP contribution is -1.83. The van der Waals surface area contributed by atoms with Gasteiger partial charge in [0.25, 0.3) is 0 Å². The van der Waals surface area contributed by atoms with E-state index < -0.39 is 0 Å². The molecule has 1 aromatic heterocycles. The Morgan fingerprint density at radius 2 is 2.06 bits per heavy atom. The van der Waals surface area contributed by atoms with Gasteiger partial charge in [-0.1, -0.05) is 11.6 Å². The second-order valence-electron chi connectivity index (χ2n) is 3.34. The molecule has 2 rings (SSSR count). The number of carbonyl (C=O) groups excluding carboxylic acids is 1. The van der Waals surface area contributed by atoms with Gasteiger partial charge in [-0.2, -0.15) is 0 Å². The first-order chi connectivity index (χ1) is 7.58. The highest BCUT2D eigenvalue weighted by atomic mass is 35.5. The molecule has 0 aliphatic heterocycles. The Hall–Kier alpha value is -1.19. The third kappa shape index (κ3) is 2.15. The van der Waals surface area contributed by atoms with Gasteiger partial charge in [0.15, 0.2) is 5.78 Å². The number of hydrogen-bond donors (Lipinski definition) is 0. The van der Waals surface area contributed by atoms with Crippen LogP contribution < -0.4 is 0 Å². The molecule has 82 valence electrons. The lowest BCUT2D eigenvalue weighted by atomic mass is 10.2. The van der Waals surface area contributed by atoms with E-state index in [1.54, 1.807) is 24.3 Å². The minimum atomic E-state index is -0.371. The summed E-state index contributed by atoms with van der Waals surface area (Å²) in [4.78, 5) is 12.5. The second-order valence-corrected chi connectivity index (χ2v) is 4.86. The maximum Gasteiger partial charge on any atom is 0.169 e. The topological polar surface area (TPSA) is 17.1 Å². The van der Waals surface area contributed by atoms with Crippen molar-refractivity contribution in [3.05, 3.63) is 46.0 Å². The third-order valence-electron chi connectivity index (χ3n) is 2.15. The highest BCUT2D eigenvalue weighted by molar-refractivity contribution is 7.17. The van der Waals surface area contributed by atoms with Crippen molar-refractivity contribution in [2.24, 2.45) is 0 Å². The van der Waals surface area contributed by atoms with Crippen molar-refractivity contribution >= 4 is 28.7 Å². The summed E-state index contributed by atoms with van der Waals surface area (Å²) in [6.45, 7) is 1.49. The standard InChI is InChI=1S/C12H8ClFOS/c1-7(15)11-4-5-12(16-11)9-3-2-8(13)6-10(9)14/h2-6H,1H3. The van der Waals surface area contributed by atoms with Crippen LogP contribution in [0.5, 0.6) is 0 Å². The van der Waals surface area contributed by atoms with Crippen molar-refractivity contribution in [2.45, 2.75) is 6.92 Å². The highest BCUT2D eigenvalue weighted by Crippen LogP contribution is 2.31. The highest BCUT2D eigenvalue weighted by Gasteiger charge is 2.10. The van der Waals surface area contributed by atoms with Crippen LogP contribution in [0.2, 0.25) is 5.02 Å². The fraction of sp³-hybridized carbons (Fsp3) is 0.0833. The first-order valence-electron chi connectivity index (χ1n) is 4.64. The van der Waals surface area contributed by atoms with Crippen LogP contribution in [0.25, 0.3) is 10.4 Å². The smallest absolute Gasteiger partial charge is 0.169 e. The summed E-state index contributed by atoms with van der Waals surface area (Å²) in [7, 11) is 0. The summed E-state index contributed by atoms with van der Waals surface area (Å²) in [6.07, 6.45) is 0. The molecule has 0 aliphatic carbocycles. The molecule has 0 saturated heterocycles. The number of Topliss-reactive ketones (excluding diaryl/α,β-unsaturated/α-hetero) is 1. The lowest BCUT2D eigenvalue weighted by Gasteiger charge is -1.99. The van der Waals surface area contributed by atoms with E-state index in [9.17, 15) is 9.18 Å². The number of hydrogen-bond acceptors (Lipinski definition) is 2. The van der Waals surface area contributed by atoms with Crippen molar-refractivity contribution in [2.75, 3.05) is 0 Å². The van der Waals surface area contributed by atoms with Gasteiger partial charge in [0.05, 0.1) is 4.88 Å². The molecule has 0 radical (unpaired) electrons. The minimum absolute atomic E-state index is 0.00868. The Bertz CT molecular complexity index is 548. The molecule has 0 bridgehead atoms. The molecule has 0 atom stereocenters. The first-order valence-corrected chi connectivity index (χ1v) is 5.83. The Balaban J connectivity index is 2.46. The molecule has 0 saturated carbocycles. The average molecular weight is 255 g/mol. The van der Waals surface area contributed by atoms with Gasteiger partial charge >= 0.3 is 0 Å². The summed E-state index contributed by atoms with van der Waals surface area (Å²) in [5, 5.41) is 0.365. The maximum absolute atomic E-state index is 13.6.